The number of carbonyl (C=O) groups excluding carboxylic acids is 2. The molecule has 0 bridgehead atoms. The minimum Gasteiger partial charge on any atom is -0.549 e. The SMILES string of the molecule is O=C(O)CC(O)(CC(=O)O)C(=O)O.O=C([O-])CN(CCN(CC(=O)[O-])CC(=O)O)CC(=O)O.[Na+].[Na+]. The van der Waals surface area contributed by atoms with Crippen molar-refractivity contribution >= 4 is 41.8 Å². The van der Waals surface area contributed by atoms with Crippen molar-refractivity contribution in [3.63, 3.8) is 0 Å². The molecule has 19 heteroatoms. The van der Waals surface area contributed by atoms with Crippen molar-refractivity contribution in [3.8, 4) is 0 Å². The number of rotatable bonds is 16. The van der Waals surface area contributed by atoms with Gasteiger partial charge in [0.1, 0.15) is 0 Å². The molecule has 188 valence electrons. The van der Waals surface area contributed by atoms with Gasteiger partial charge in [-0.2, -0.15) is 0 Å². The second kappa shape index (κ2) is 20.4. The Kier molecular flexibility index (Phi) is 23.5. The average Bonchev–Trinajstić information content (AvgIpc) is 2.56. The Labute approximate surface area is 241 Å². The molecule has 0 saturated heterocycles. The minimum atomic E-state index is -2.74. The van der Waals surface area contributed by atoms with Crippen LogP contribution in [0.5, 0.6) is 0 Å². The molecule has 0 saturated carbocycles. The van der Waals surface area contributed by atoms with Crippen LogP contribution in [0.3, 0.4) is 0 Å². The number of aliphatic carboxylic acids is 7. The quantitative estimate of drug-likeness (QED) is 0.101. The first-order valence-corrected chi connectivity index (χ1v) is 8.65. The number of hydrogen-bond donors (Lipinski definition) is 6. The topological polar surface area (TPSA) is 293 Å². The summed E-state index contributed by atoms with van der Waals surface area (Å²) >= 11 is 0. The predicted octanol–water partition coefficient (Wildman–Crippen LogP) is -12.0. The van der Waals surface area contributed by atoms with Crippen LogP contribution in [0.4, 0.5) is 0 Å². The summed E-state index contributed by atoms with van der Waals surface area (Å²) in [6.45, 7) is -2.75. The van der Waals surface area contributed by atoms with Crippen molar-refractivity contribution in [3.05, 3.63) is 0 Å². The second-order valence-corrected chi connectivity index (χ2v) is 6.43. The van der Waals surface area contributed by atoms with Gasteiger partial charge in [0.15, 0.2) is 5.60 Å². The maximum Gasteiger partial charge on any atom is 1.00 e. The maximum atomic E-state index is 10.5. The molecule has 0 aliphatic carbocycles. The van der Waals surface area contributed by atoms with Gasteiger partial charge < -0.3 is 50.4 Å². The van der Waals surface area contributed by atoms with Crippen molar-refractivity contribution in [2.45, 2.75) is 18.4 Å². The molecule has 0 rings (SSSR count). The van der Waals surface area contributed by atoms with Gasteiger partial charge in [0.25, 0.3) is 0 Å². The van der Waals surface area contributed by atoms with Crippen LogP contribution in [0.1, 0.15) is 12.8 Å². The van der Waals surface area contributed by atoms with E-state index in [1.807, 2.05) is 0 Å². The van der Waals surface area contributed by atoms with Gasteiger partial charge in [0, 0.05) is 26.2 Å². The fourth-order valence-electron chi connectivity index (χ4n) is 2.17. The summed E-state index contributed by atoms with van der Waals surface area (Å²) in [7, 11) is 0. The Balaban J connectivity index is -0.000000281. The zero-order valence-electron chi connectivity index (χ0n) is 18.9. The average molecular weight is 528 g/mol. The van der Waals surface area contributed by atoms with Gasteiger partial charge in [-0.3, -0.25) is 29.0 Å². The zero-order valence-corrected chi connectivity index (χ0v) is 22.9. The third-order valence-electron chi connectivity index (χ3n) is 3.44. The van der Waals surface area contributed by atoms with Crippen molar-refractivity contribution < 1.29 is 134 Å². The van der Waals surface area contributed by atoms with Gasteiger partial charge in [-0.25, -0.2) is 4.79 Å². The third kappa shape index (κ3) is 23.7. The van der Waals surface area contributed by atoms with Gasteiger partial charge in [-0.15, -0.1) is 0 Å². The molecule has 0 atom stereocenters. The first kappa shape index (κ1) is 40.3. The van der Waals surface area contributed by atoms with Crippen LogP contribution in [-0.2, 0) is 33.6 Å². The Morgan fingerprint density at radius 3 is 1.03 bits per heavy atom. The summed E-state index contributed by atoms with van der Waals surface area (Å²) in [4.78, 5) is 74.4. The number of carboxylic acids is 7. The van der Waals surface area contributed by atoms with E-state index in [4.69, 9.17) is 30.6 Å². The van der Waals surface area contributed by atoms with Crippen molar-refractivity contribution in [1.82, 2.24) is 9.80 Å². The summed E-state index contributed by atoms with van der Waals surface area (Å²) in [6, 6.07) is 0. The van der Waals surface area contributed by atoms with E-state index >= 15 is 0 Å². The molecule has 0 aromatic rings. The Hall–Kier alpha value is -1.83. The molecular formula is C16H22N2Na2O15. The fraction of sp³-hybridized carbons (Fsp3) is 0.562. The summed E-state index contributed by atoms with van der Waals surface area (Å²) in [5.74, 6) is -10.5. The Bertz CT molecular complexity index is 677. The zero-order chi connectivity index (χ0) is 26.4. The summed E-state index contributed by atoms with van der Waals surface area (Å²) < 4.78 is 0. The molecule has 0 aromatic heterocycles. The molecule has 0 heterocycles. The molecule has 0 aliphatic heterocycles. The van der Waals surface area contributed by atoms with Crippen molar-refractivity contribution in [1.29, 1.82) is 0 Å². The summed E-state index contributed by atoms with van der Waals surface area (Å²) in [5.41, 5.74) is -2.74. The number of hydrogen-bond acceptors (Lipinski definition) is 12. The largest absolute Gasteiger partial charge is 1.00 e. The fourth-order valence-corrected chi connectivity index (χ4v) is 2.17. The van der Waals surface area contributed by atoms with Crippen LogP contribution in [0, 0.1) is 0 Å². The molecule has 0 spiro atoms. The predicted molar refractivity (Wildman–Crippen MR) is 95.3 cm³/mol. The first-order valence-electron chi connectivity index (χ1n) is 8.65. The molecule has 0 amide bonds. The molecule has 0 aromatic carbocycles. The van der Waals surface area contributed by atoms with Gasteiger partial charge in [0.05, 0.1) is 37.9 Å². The summed E-state index contributed by atoms with van der Waals surface area (Å²) in [6.07, 6.45) is -2.29. The van der Waals surface area contributed by atoms with Crippen LogP contribution >= 0.6 is 0 Å². The molecular weight excluding hydrogens is 506 g/mol. The summed E-state index contributed by atoms with van der Waals surface area (Å²) in [5, 5.41) is 71.9. The number of carboxylic acid groups (broad SMARTS) is 7. The maximum absolute atomic E-state index is 10.5. The van der Waals surface area contributed by atoms with E-state index in [2.05, 4.69) is 0 Å². The molecule has 0 fully saturated rings. The van der Waals surface area contributed by atoms with E-state index in [9.17, 15) is 43.8 Å². The molecule has 17 nitrogen and oxygen atoms in total. The van der Waals surface area contributed by atoms with Gasteiger partial charge >= 0.3 is 89.0 Å². The van der Waals surface area contributed by atoms with Gasteiger partial charge in [-0.1, -0.05) is 0 Å². The second-order valence-electron chi connectivity index (χ2n) is 6.43. The van der Waals surface area contributed by atoms with Crippen LogP contribution in [0.15, 0.2) is 0 Å². The van der Waals surface area contributed by atoms with E-state index in [1.165, 1.54) is 0 Å². The molecule has 35 heavy (non-hydrogen) atoms. The number of nitrogens with zero attached hydrogens (tertiary/aromatic N) is 2. The van der Waals surface area contributed by atoms with E-state index in [0.717, 1.165) is 9.80 Å². The molecule has 0 aliphatic rings. The van der Waals surface area contributed by atoms with E-state index in [0.29, 0.717) is 0 Å². The van der Waals surface area contributed by atoms with Gasteiger partial charge in [-0.05, 0) is 0 Å². The third-order valence-corrected chi connectivity index (χ3v) is 3.44. The van der Waals surface area contributed by atoms with Crippen molar-refractivity contribution in [2.75, 3.05) is 39.3 Å². The van der Waals surface area contributed by atoms with E-state index in [1.54, 1.807) is 0 Å². The molecule has 0 unspecified atom stereocenters. The monoisotopic (exact) mass is 528 g/mol. The van der Waals surface area contributed by atoms with E-state index < -0.39 is 86.4 Å². The van der Waals surface area contributed by atoms with Crippen LogP contribution in [0.2, 0.25) is 0 Å². The standard InChI is InChI=1S/C10H16N2O8.C6H8O7.2Na/c13-7(14)3-11(4-8(15)16)1-2-12(5-9(17)18)6-10(19)20;7-3(8)1-6(13,5(11)12)2-4(9)10;;/h1-6H2,(H,13,14)(H,15,16)(H,17,18)(H,19,20);13H,1-2H2,(H,7,8)(H,9,10)(H,11,12);;/q;;2*+1/p-2. The number of aliphatic hydroxyl groups is 1. The Morgan fingerprint density at radius 2 is 0.857 bits per heavy atom. The normalized spacial score (nSPS) is 10.1. The van der Waals surface area contributed by atoms with Crippen LogP contribution in [0.25, 0.3) is 0 Å². The first-order chi connectivity index (χ1) is 15.0. The molecule has 0 radical (unpaired) electrons. The van der Waals surface area contributed by atoms with Crippen molar-refractivity contribution in [2.24, 2.45) is 0 Å². The molecule has 6 N–H and O–H groups in total. The number of carbonyl (C=O) groups is 7. The van der Waals surface area contributed by atoms with Crippen LogP contribution in [-0.4, -0.2) is 127 Å². The van der Waals surface area contributed by atoms with Gasteiger partial charge in [0.2, 0.25) is 0 Å². The Morgan fingerprint density at radius 1 is 0.571 bits per heavy atom. The minimum absolute atomic E-state index is 0. The smallest absolute Gasteiger partial charge is 0.549 e. The van der Waals surface area contributed by atoms with Crippen LogP contribution < -0.4 is 69.3 Å². The van der Waals surface area contributed by atoms with E-state index in [-0.39, 0.29) is 72.2 Å².